The number of benzene rings is 2. The van der Waals surface area contributed by atoms with Crippen LogP contribution in [0.2, 0.25) is 0 Å². The number of amides is 1. The van der Waals surface area contributed by atoms with Crippen LogP contribution in [0.25, 0.3) is 11.8 Å². The second-order valence-corrected chi connectivity index (χ2v) is 7.02. The molecule has 1 aliphatic heterocycles. The number of aromatic nitrogens is 1. The SMILES string of the molecule is CCOc1ccc(N2C(=O)/C(=C\c3cccn3-c3cccc([N+](=O)[O-])c3)NC2=S)cc1. The average Bonchev–Trinajstić information content (AvgIpc) is 3.33. The third kappa shape index (κ3) is 4.03. The quantitative estimate of drug-likeness (QED) is 0.273. The lowest BCUT2D eigenvalue weighted by atomic mass is 10.2. The highest BCUT2D eigenvalue weighted by atomic mass is 32.1. The van der Waals surface area contributed by atoms with Gasteiger partial charge in [0.2, 0.25) is 0 Å². The molecule has 3 aromatic rings. The molecule has 1 N–H and O–H groups in total. The van der Waals surface area contributed by atoms with Crippen LogP contribution >= 0.6 is 12.2 Å². The minimum atomic E-state index is -0.444. The minimum absolute atomic E-state index is 0.0114. The molecule has 0 bridgehead atoms. The molecule has 4 rings (SSSR count). The summed E-state index contributed by atoms with van der Waals surface area (Å²) in [5.74, 6) is 0.420. The van der Waals surface area contributed by atoms with Crippen molar-refractivity contribution in [1.82, 2.24) is 9.88 Å². The molecule has 1 saturated heterocycles. The van der Waals surface area contributed by atoms with Crippen molar-refractivity contribution in [1.29, 1.82) is 0 Å². The largest absolute Gasteiger partial charge is 0.494 e. The predicted octanol–water partition coefficient (Wildman–Crippen LogP) is 4.05. The maximum Gasteiger partial charge on any atom is 0.281 e. The smallest absolute Gasteiger partial charge is 0.281 e. The predicted molar refractivity (Wildman–Crippen MR) is 121 cm³/mol. The number of hydrogen-bond donors (Lipinski definition) is 1. The van der Waals surface area contributed by atoms with Crippen molar-refractivity contribution in [2.45, 2.75) is 6.92 Å². The van der Waals surface area contributed by atoms with Crippen LogP contribution in [-0.2, 0) is 4.79 Å². The number of ether oxygens (including phenoxy) is 1. The van der Waals surface area contributed by atoms with E-state index in [-0.39, 0.29) is 16.7 Å². The summed E-state index contributed by atoms with van der Waals surface area (Å²) >= 11 is 5.37. The first kappa shape index (κ1) is 20.3. The van der Waals surface area contributed by atoms with E-state index in [0.717, 1.165) is 0 Å². The van der Waals surface area contributed by atoms with E-state index in [1.165, 1.54) is 17.0 Å². The lowest BCUT2D eigenvalue weighted by molar-refractivity contribution is -0.384. The third-order valence-electron chi connectivity index (χ3n) is 4.68. The zero-order chi connectivity index (χ0) is 22.0. The van der Waals surface area contributed by atoms with Crippen LogP contribution in [0, 0.1) is 10.1 Å². The molecule has 156 valence electrons. The number of rotatable bonds is 6. The topological polar surface area (TPSA) is 89.6 Å². The Kier molecular flexibility index (Phi) is 5.50. The highest BCUT2D eigenvalue weighted by Gasteiger charge is 2.32. The van der Waals surface area contributed by atoms with Crippen molar-refractivity contribution in [3.8, 4) is 11.4 Å². The average molecular weight is 434 g/mol. The Balaban J connectivity index is 1.63. The van der Waals surface area contributed by atoms with E-state index in [2.05, 4.69) is 5.32 Å². The minimum Gasteiger partial charge on any atom is -0.494 e. The molecule has 0 aliphatic carbocycles. The van der Waals surface area contributed by atoms with Gasteiger partial charge >= 0.3 is 0 Å². The van der Waals surface area contributed by atoms with Gasteiger partial charge in [-0.15, -0.1) is 0 Å². The molecule has 0 unspecified atom stereocenters. The van der Waals surface area contributed by atoms with Gasteiger partial charge in [0, 0.05) is 24.0 Å². The first-order valence-corrected chi connectivity index (χ1v) is 9.91. The van der Waals surface area contributed by atoms with Crippen LogP contribution in [0.5, 0.6) is 5.75 Å². The molecule has 1 aliphatic rings. The lowest BCUT2D eigenvalue weighted by Gasteiger charge is -2.14. The Bertz CT molecular complexity index is 1200. The van der Waals surface area contributed by atoms with Gasteiger partial charge in [-0.25, -0.2) is 0 Å². The first-order chi connectivity index (χ1) is 15.0. The summed E-state index contributed by atoms with van der Waals surface area (Å²) in [6.45, 7) is 2.45. The Hall–Kier alpha value is -3.98. The van der Waals surface area contributed by atoms with Crippen LogP contribution in [-0.4, -0.2) is 27.1 Å². The summed E-state index contributed by atoms with van der Waals surface area (Å²) in [4.78, 5) is 25.1. The highest BCUT2D eigenvalue weighted by molar-refractivity contribution is 7.80. The molecule has 2 aromatic carbocycles. The van der Waals surface area contributed by atoms with E-state index >= 15 is 0 Å². The van der Waals surface area contributed by atoms with Crippen LogP contribution in [0.15, 0.2) is 72.6 Å². The molecule has 1 amide bonds. The van der Waals surface area contributed by atoms with Gasteiger partial charge in [0.25, 0.3) is 11.6 Å². The summed E-state index contributed by atoms with van der Waals surface area (Å²) in [6, 6.07) is 17.0. The Morgan fingerprint density at radius 3 is 2.61 bits per heavy atom. The number of nitrogens with zero attached hydrogens (tertiary/aromatic N) is 3. The van der Waals surface area contributed by atoms with Gasteiger partial charge in [-0.2, -0.15) is 0 Å². The molecular formula is C22H18N4O4S. The first-order valence-electron chi connectivity index (χ1n) is 9.50. The molecule has 0 radical (unpaired) electrons. The molecule has 0 atom stereocenters. The number of non-ortho nitro benzene ring substituents is 1. The fourth-order valence-electron chi connectivity index (χ4n) is 3.28. The van der Waals surface area contributed by atoms with E-state index in [9.17, 15) is 14.9 Å². The van der Waals surface area contributed by atoms with Gasteiger partial charge in [-0.1, -0.05) is 6.07 Å². The van der Waals surface area contributed by atoms with E-state index in [4.69, 9.17) is 17.0 Å². The van der Waals surface area contributed by atoms with Gasteiger partial charge in [0.05, 0.1) is 22.9 Å². The molecule has 31 heavy (non-hydrogen) atoms. The fourth-order valence-corrected chi connectivity index (χ4v) is 3.58. The summed E-state index contributed by atoms with van der Waals surface area (Å²) in [6.07, 6.45) is 3.44. The summed E-state index contributed by atoms with van der Waals surface area (Å²) < 4.78 is 7.20. The van der Waals surface area contributed by atoms with Crippen molar-refractivity contribution >= 4 is 40.7 Å². The van der Waals surface area contributed by atoms with E-state index in [0.29, 0.717) is 35.1 Å². The molecule has 8 nitrogen and oxygen atoms in total. The van der Waals surface area contributed by atoms with Crippen LogP contribution < -0.4 is 15.0 Å². The molecule has 1 aromatic heterocycles. The maximum atomic E-state index is 13.0. The fraction of sp³-hybridized carbons (Fsp3) is 0.0909. The van der Waals surface area contributed by atoms with E-state index in [1.54, 1.807) is 59.3 Å². The molecule has 0 saturated carbocycles. The molecule has 9 heteroatoms. The number of carbonyl (C=O) groups is 1. The second kappa shape index (κ2) is 8.41. The zero-order valence-corrected chi connectivity index (χ0v) is 17.3. The summed E-state index contributed by atoms with van der Waals surface area (Å²) in [5, 5.41) is 14.3. The number of hydrogen-bond acceptors (Lipinski definition) is 5. The van der Waals surface area contributed by atoms with Crippen LogP contribution in [0.4, 0.5) is 11.4 Å². The third-order valence-corrected chi connectivity index (χ3v) is 4.96. The molecule has 2 heterocycles. The van der Waals surface area contributed by atoms with Gasteiger partial charge in [-0.05, 0) is 67.7 Å². The Labute approximate surface area is 183 Å². The van der Waals surface area contributed by atoms with Crippen molar-refractivity contribution in [2.75, 3.05) is 11.5 Å². The number of anilines is 1. The highest BCUT2D eigenvalue weighted by Crippen LogP contribution is 2.26. The van der Waals surface area contributed by atoms with E-state index in [1.807, 2.05) is 13.0 Å². The molecule has 1 fully saturated rings. The maximum absolute atomic E-state index is 13.0. The van der Waals surface area contributed by atoms with Crippen molar-refractivity contribution in [3.05, 3.63) is 88.4 Å². The van der Waals surface area contributed by atoms with Gasteiger partial charge in [-0.3, -0.25) is 19.8 Å². The summed E-state index contributed by atoms with van der Waals surface area (Å²) in [7, 11) is 0. The van der Waals surface area contributed by atoms with Crippen LogP contribution in [0.3, 0.4) is 0 Å². The number of thiocarbonyl (C=S) groups is 1. The summed E-state index contributed by atoms with van der Waals surface area (Å²) in [5.41, 5.74) is 2.21. The second-order valence-electron chi connectivity index (χ2n) is 6.64. The monoisotopic (exact) mass is 434 g/mol. The number of nitro groups is 1. The Morgan fingerprint density at radius 2 is 1.90 bits per heavy atom. The normalized spacial score (nSPS) is 14.7. The van der Waals surface area contributed by atoms with Crippen molar-refractivity contribution in [3.63, 3.8) is 0 Å². The Morgan fingerprint density at radius 1 is 1.13 bits per heavy atom. The van der Waals surface area contributed by atoms with Gasteiger partial charge in [0.15, 0.2) is 5.11 Å². The number of carbonyl (C=O) groups excluding carboxylic acids is 1. The van der Waals surface area contributed by atoms with Crippen molar-refractivity contribution in [2.24, 2.45) is 0 Å². The number of nitrogens with one attached hydrogen (secondary N) is 1. The zero-order valence-electron chi connectivity index (χ0n) is 16.5. The standard InChI is InChI=1S/C22H18N4O4S/c1-2-30-19-10-8-15(9-11-19)25-21(27)20(23-22(25)31)14-17-7-4-12-24(17)16-5-3-6-18(13-16)26(28)29/h3-14H,2H2,1H3,(H,23,31)/b20-14+. The van der Waals surface area contributed by atoms with Gasteiger partial charge in [0.1, 0.15) is 11.4 Å². The van der Waals surface area contributed by atoms with Crippen molar-refractivity contribution < 1.29 is 14.5 Å². The van der Waals surface area contributed by atoms with Crippen LogP contribution in [0.1, 0.15) is 12.6 Å². The lowest BCUT2D eigenvalue weighted by Crippen LogP contribution is -2.30. The van der Waals surface area contributed by atoms with Gasteiger partial charge < -0.3 is 14.6 Å². The molecular weight excluding hydrogens is 416 g/mol. The number of nitro benzene ring substituents is 1. The van der Waals surface area contributed by atoms with E-state index < -0.39 is 4.92 Å². The molecule has 0 spiro atoms.